The van der Waals surface area contributed by atoms with Crippen LogP contribution in [0.1, 0.15) is 29.0 Å². The highest BCUT2D eigenvalue weighted by Gasteiger charge is 2.43. The second-order valence-electron chi connectivity index (χ2n) is 8.78. The van der Waals surface area contributed by atoms with Crippen LogP contribution in [0.4, 0.5) is 10.1 Å². The van der Waals surface area contributed by atoms with Crippen molar-refractivity contribution in [3.63, 3.8) is 0 Å². The zero-order valence-corrected chi connectivity index (χ0v) is 21.7. The monoisotopic (exact) mass is 516 g/mol. The van der Waals surface area contributed by atoms with Crippen molar-refractivity contribution >= 4 is 16.6 Å². The molecule has 0 bridgehead atoms. The van der Waals surface area contributed by atoms with Crippen LogP contribution in [0.25, 0.3) is 15.7 Å². The van der Waals surface area contributed by atoms with Crippen molar-refractivity contribution in [2.24, 2.45) is 0 Å². The van der Waals surface area contributed by atoms with Crippen molar-refractivity contribution in [1.82, 2.24) is 15.3 Å². The third-order valence-corrected chi connectivity index (χ3v) is 6.54. The molecular formula is C29H29FN4O4. The molecule has 0 aliphatic rings. The fraction of sp³-hybridized carbons (Fsp3) is 0.276. The van der Waals surface area contributed by atoms with Crippen LogP contribution in [0.2, 0.25) is 0 Å². The van der Waals surface area contributed by atoms with E-state index in [1.165, 1.54) is 33.5 Å². The summed E-state index contributed by atoms with van der Waals surface area (Å²) in [4.78, 5) is 12.5. The highest BCUT2D eigenvalue weighted by atomic mass is 19.1. The summed E-state index contributed by atoms with van der Waals surface area (Å²) in [5, 5.41) is 16.5. The number of nitrogens with zero attached hydrogens (tertiary/aromatic N) is 3. The van der Waals surface area contributed by atoms with E-state index in [1.807, 2.05) is 6.07 Å². The zero-order valence-electron chi connectivity index (χ0n) is 21.7. The van der Waals surface area contributed by atoms with Gasteiger partial charge in [0.2, 0.25) is 17.6 Å². The average Bonchev–Trinajstić information content (AvgIpc) is 2.95. The first-order valence-electron chi connectivity index (χ1n) is 12.0. The van der Waals surface area contributed by atoms with Crippen molar-refractivity contribution in [2.45, 2.75) is 17.9 Å². The summed E-state index contributed by atoms with van der Waals surface area (Å²) < 4.78 is 31.1. The Kier molecular flexibility index (Phi) is 8.05. The minimum absolute atomic E-state index is 0.226. The number of rotatable bonds is 10. The van der Waals surface area contributed by atoms with Crippen LogP contribution in [0.3, 0.4) is 0 Å². The largest absolute Gasteiger partial charge is 0.481 e. The number of aliphatic hydroxyl groups is 1. The van der Waals surface area contributed by atoms with Gasteiger partial charge in [0.05, 0.1) is 33.4 Å². The standard InChI is InChI=1S/C29H29FN4O4/c1-31-12-11-29(35,20-16-25(36-3)34-26(17-20)37-4)27(18-7-6-8-21(30)13-18)23-15-19-14-22(32-2)9-10-24(19)33-28(23)38-5/h6-10,13-17,27,31,35H,11-12H2,1,3-5H3. The molecule has 2 unspecified atom stereocenters. The number of pyridine rings is 2. The molecule has 4 rings (SSSR count). The lowest BCUT2D eigenvalue weighted by molar-refractivity contribution is 0.00977. The molecule has 38 heavy (non-hydrogen) atoms. The number of hydrogen-bond donors (Lipinski definition) is 2. The summed E-state index contributed by atoms with van der Waals surface area (Å²) in [7, 11) is 6.25. The highest BCUT2D eigenvalue weighted by molar-refractivity contribution is 5.84. The van der Waals surface area contributed by atoms with Crippen molar-refractivity contribution in [1.29, 1.82) is 0 Å². The van der Waals surface area contributed by atoms with Crippen LogP contribution in [0, 0.1) is 12.4 Å². The van der Waals surface area contributed by atoms with Gasteiger partial charge in [0.25, 0.3) is 0 Å². The summed E-state index contributed by atoms with van der Waals surface area (Å²) in [6.07, 6.45) is 0.226. The molecule has 2 aromatic carbocycles. The number of aromatic nitrogens is 2. The van der Waals surface area contributed by atoms with Crippen LogP contribution in [0.5, 0.6) is 17.6 Å². The Morgan fingerprint density at radius 3 is 2.34 bits per heavy atom. The van der Waals surface area contributed by atoms with Gasteiger partial charge in [0.1, 0.15) is 11.4 Å². The molecule has 0 aliphatic heterocycles. The molecule has 0 amide bonds. The van der Waals surface area contributed by atoms with Crippen LogP contribution in [-0.4, -0.2) is 50.0 Å². The van der Waals surface area contributed by atoms with E-state index >= 15 is 0 Å². The van der Waals surface area contributed by atoms with Crippen LogP contribution >= 0.6 is 0 Å². The van der Waals surface area contributed by atoms with E-state index in [0.717, 1.165) is 0 Å². The Morgan fingerprint density at radius 2 is 1.74 bits per heavy atom. The maximum atomic E-state index is 14.6. The average molecular weight is 517 g/mol. The highest BCUT2D eigenvalue weighted by Crippen LogP contribution is 2.48. The predicted molar refractivity (Wildman–Crippen MR) is 143 cm³/mol. The summed E-state index contributed by atoms with van der Waals surface area (Å²) in [5.74, 6) is -0.502. The predicted octanol–water partition coefficient (Wildman–Crippen LogP) is 4.97. The molecule has 8 nitrogen and oxygen atoms in total. The Hall–Kier alpha value is -4.26. The Balaban J connectivity index is 2.08. The first kappa shape index (κ1) is 26.8. The lowest BCUT2D eigenvalue weighted by Crippen LogP contribution is -2.37. The number of ether oxygens (including phenoxy) is 3. The lowest BCUT2D eigenvalue weighted by atomic mass is 9.72. The summed E-state index contributed by atoms with van der Waals surface area (Å²) >= 11 is 0. The van der Waals surface area contributed by atoms with Crippen molar-refractivity contribution in [3.8, 4) is 17.6 Å². The number of methoxy groups -OCH3 is 3. The Morgan fingerprint density at radius 1 is 1.00 bits per heavy atom. The molecule has 2 heterocycles. The molecule has 0 aliphatic carbocycles. The molecule has 0 spiro atoms. The Bertz CT molecular complexity index is 1470. The summed E-state index contributed by atoms with van der Waals surface area (Å²) in [5.41, 5.74) is 0.956. The van der Waals surface area contributed by atoms with Gasteiger partial charge in [-0.15, -0.1) is 0 Å². The van der Waals surface area contributed by atoms with Gasteiger partial charge in [0, 0.05) is 23.6 Å². The minimum atomic E-state index is -1.62. The third kappa shape index (κ3) is 5.23. The maximum absolute atomic E-state index is 14.6. The van der Waals surface area contributed by atoms with E-state index in [-0.39, 0.29) is 24.1 Å². The Labute approximate surface area is 220 Å². The van der Waals surface area contributed by atoms with Gasteiger partial charge in [-0.1, -0.05) is 18.2 Å². The molecule has 0 fully saturated rings. The topological polar surface area (TPSA) is 90.1 Å². The number of benzene rings is 2. The normalized spacial score (nSPS) is 13.4. The van der Waals surface area contributed by atoms with E-state index < -0.39 is 17.3 Å². The van der Waals surface area contributed by atoms with E-state index in [2.05, 4.69) is 20.1 Å². The molecule has 0 radical (unpaired) electrons. The smallest absolute Gasteiger partial charge is 0.217 e. The maximum Gasteiger partial charge on any atom is 0.217 e. The second kappa shape index (κ2) is 11.4. The van der Waals surface area contributed by atoms with E-state index in [1.54, 1.807) is 49.5 Å². The molecular weight excluding hydrogens is 487 g/mol. The molecule has 2 aromatic heterocycles. The van der Waals surface area contributed by atoms with E-state index in [9.17, 15) is 9.50 Å². The summed E-state index contributed by atoms with van der Waals surface area (Å²) in [6, 6.07) is 16.4. The number of halogens is 1. The molecule has 9 heteroatoms. The SMILES string of the molecule is [C-]#[N+]c1ccc2nc(OC)c(C(c3cccc(F)c3)C(O)(CCNC)c3cc(OC)nc(OC)c3)cc2c1. The van der Waals surface area contributed by atoms with Crippen molar-refractivity contribution in [3.05, 3.63) is 94.6 Å². The second-order valence-corrected chi connectivity index (χ2v) is 8.78. The third-order valence-electron chi connectivity index (χ3n) is 6.54. The van der Waals surface area contributed by atoms with Crippen molar-refractivity contribution < 1.29 is 23.7 Å². The molecule has 2 atom stereocenters. The molecule has 2 N–H and O–H groups in total. The van der Waals surface area contributed by atoms with Gasteiger partial charge >= 0.3 is 0 Å². The van der Waals surface area contributed by atoms with Crippen molar-refractivity contribution in [2.75, 3.05) is 34.9 Å². The van der Waals surface area contributed by atoms with Gasteiger partial charge in [0.15, 0.2) is 5.69 Å². The zero-order chi connectivity index (χ0) is 27.3. The molecule has 196 valence electrons. The number of nitrogens with one attached hydrogen (secondary N) is 1. The van der Waals surface area contributed by atoms with Gasteiger partial charge in [-0.2, -0.15) is 4.98 Å². The first-order valence-corrected chi connectivity index (χ1v) is 12.0. The molecule has 4 aromatic rings. The lowest BCUT2D eigenvalue weighted by Gasteiger charge is -2.38. The fourth-order valence-corrected chi connectivity index (χ4v) is 4.71. The van der Waals surface area contributed by atoms with E-state index in [0.29, 0.717) is 39.8 Å². The molecule has 0 saturated carbocycles. The minimum Gasteiger partial charge on any atom is -0.481 e. The first-order chi connectivity index (χ1) is 18.4. The van der Waals surface area contributed by atoms with Crippen LogP contribution in [0.15, 0.2) is 60.7 Å². The quantitative estimate of drug-likeness (QED) is 0.288. The summed E-state index contributed by atoms with van der Waals surface area (Å²) in [6.45, 7) is 7.85. The van der Waals surface area contributed by atoms with E-state index in [4.69, 9.17) is 20.8 Å². The van der Waals surface area contributed by atoms with Gasteiger partial charge in [-0.25, -0.2) is 14.2 Å². The van der Waals surface area contributed by atoms with Gasteiger partial charge in [-0.3, -0.25) is 0 Å². The fourth-order valence-electron chi connectivity index (χ4n) is 4.71. The van der Waals surface area contributed by atoms with Crippen LogP contribution < -0.4 is 19.5 Å². The molecule has 0 saturated heterocycles. The van der Waals surface area contributed by atoms with Crippen LogP contribution in [-0.2, 0) is 5.60 Å². The number of fused-ring (bicyclic) bond motifs is 1. The van der Waals surface area contributed by atoms with Gasteiger partial charge < -0.3 is 24.6 Å². The number of hydrogen-bond acceptors (Lipinski definition) is 7. The van der Waals surface area contributed by atoms with Gasteiger partial charge in [-0.05, 0) is 66.9 Å².